The lowest BCUT2D eigenvalue weighted by Crippen LogP contribution is -2.34. The van der Waals surface area contributed by atoms with E-state index in [0.29, 0.717) is 19.0 Å². The van der Waals surface area contributed by atoms with Crippen LogP contribution in [0.1, 0.15) is 38.9 Å². The Balaban J connectivity index is 2.40. The zero-order valence-electron chi connectivity index (χ0n) is 12.1. The van der Waals surface area contributed by atoms with Crippen molar-refractivity contribution in [1.29, 1.82) is 0 Å². The second kappa shape index (κ2) is 5.64. The Morgan fingerprint density at radius 3 is 2.80 bits per heavy atom. The van der Waals surface area contributed by atoms with Gasteiger partial charge in [0.2, 0.25) is 5.91 Å². The lowest BCUT2D eigenvalue weighted by atomic mass is 9.97. The molecule has 0 aromatic carbocycles. The van der Waals surface area contributed by atoms with Crippen LogP contribution in [0.3, 0.4) is 0 Å². The van der Waals surface area contributed by atoms with Gasteiger partial charge in [-0.25, -0.2) is 0 Å². The van der Waals surface area contributed by atoms with Gasteiger partial charge in [-0.3, -0.25) is 14.3 Å². The van der Waals surface area contributed by atoms with Crippen molar-refractivity contribution in [3.8, 4) is 0 Å². The summed E-state index contributed by atoms with van der Waals surface area (Å²) in [4.78, 5) is 25.3. The maximum atomic E-state index is 12.2. The van der Waals surface area contributed by atoms with E-state index in [1.54, 1.807) is 15.8 Å². The Hall–Kier alpha value is -1.85. The van der Waals surface area contributed by atoms with Gasteiger partial charge in [-0.1, -0.05) is 13.8 Å². The van der Waals surface area contributed by atoms with E-state index in [1.165, 1.54) is 0 Å². The maximum absolute atomic E-state index is 12.2. The minimum atomic E-state index is -0.918. The van der Waals surface area contributed by atoms with Gasteiger partial charge in [0.05, 0.1) is 17.7 Å². The van der Waals surface area contributed by atoms with Crippen LogP contribution in [-0.4, -0.2) is 38.2 Å². The zero-order chi connectivity index (χ0) is 14.9. The molecule has 1 aromatic rings. The number of aliphatic carboxylic acids is 1. The third-order valence-electron chi connectivity index (χ3n) is 3.66. The lowest BCUT2D eigenvalue weighted by Gasteiger charge is -2.28. The fourth-order valence-electron chi connectivity index (χ4n) is 2.84. The van der Waals surface area contributed by atoms with Crippen molar-refractivity contribution in [3.63, 3.8) is 0 Å². The van der Waals surface area contributed by atoms with Gasteiger partial charge >= 0.3 is 5.97 Å². The molecule has 1 aromatic heterocycles. The van der Waals surface area contributed by atoms with E-state index in [2.05, 4.69) is 5.10 Å². The van der Waals surface area contributed by atoms with Gasteiger partial charge in [0.15, 0.2) is 0 Å². The molecule has 1 aliphatic rings. The van der Waals surface area contributed by atoms with Crippen molar-refractivity contribution in [2.24, 2.45) is 11.8 Å². The van der Waals surface area contributed by atoms with E-state index in [1.807, 2.05) is 26.8 Å². The fourth-order valence-corrected chi connectivity index (χ4v) is 2.84. The number of aryl methyl sites for hydroxylation is 1. The van der Waals surface area contributed by atoms with Gasteiger partial charge in [-0.15, -0.1) is 0 Å². The van der Waals surface area contributed by atoms with Gasteiger partial charge in [0.1, 0.15) is 0 Å². The smallest absolute Gasteiger partial charge is 0.309 e. The van der Waals surface area contributed by atoms with Crippen LogP contribution in [0, 0.1) is 11.8 Å². The maximum Gasteiger partial charge on any atom is 0.309 e. The van der Waals surface area contributed by atoms with Crippen LogP contribution in [-0.2, 0) is 16.1 Å². The molecule has 6 heteroatoms. The molecule has 0 aliphatic carbocycles. The summed E-state index contributed by atoms with van der Waals surface area (Å²) < 4.78 is 1.77. The summed E-state index contributed by atoms with van der Waals surface area (Å²) in [7, 11) is 0. The summed E-state index contributed by atoms with van der Waals surface area (Å²) in [5.41, 5.74) is 0.811. The molecule has 0 radical (unpaired) electrons. The molecule has 110 valence electrons. The van der Waals surface area contributed by atoms with Crippen molar-refractivity contribution in [1.82, 2.24) is 14.7 Å². The molecule has 2 atom stereocenters. The Labute approximate surface area is 118 Å². The molecule has 1 fully saturated rings. The number of hydrogen-bond donors (Lipinski definition) is 1. The highest BCUT2D eigenvalue weighted by Crippen LogP contribution is 2.38. The van der Waals surface area contributed by atoms with Gasteiger partial charge in [-0.05, 0) is 18.9 Å². The molecule has 20 heavy (non-hydrogen) atoms. The van der Waals surface area contributed by atoms with E-state index in [0.717, 1.165) is 5.69 Å². The van der Waals surface area contributed by atoms with Crippen molar-refractivity contribution in [2.45, 2.75) is 39.8 Å². The number of carboxylic acid groups (broad SMARTS) is 1. The second-order valence-corrected chi connectivity index (χ2v) is 5.61. The van der Waals surface area contributed by atoms with Crippen LogP contribution in [0.15, 0.2) is 12.3 Å². The number of nitrogens with zero attached hydrogens (tertiary/aromatic N) is 3. The van der Waals surface area contributed by atoms with Crippen LogP contribution < -0.4 is 0 Å². The molecule has 6 nitrogen and oxygen atoms in total. The van der Waals surface area contributed by atoms with Gasteiger partial charge < -0.3 is 10.0 Å². The average Bonchev–Trinajstić information content (AvgIpc) is 2.94. The molecule has 1 saturated heterocycles. The second-order valence-electron chi connectivity index (χ2n) is 5.61. The number of hydrogen-bond acceptors (Lipinski definition) is 3. The minimum Gasteiger partial charge on any atom is -0.481 e. The van der Waals surface area contributed by atoms with Gasteiger partial charge in [0.25, 0.3) is 0 Å². The topological polar surface area (TPSA) is 75.4 Å². The third-order valence-corrected chi connectivity index (χ3v) is 3.66. The van der Waals surface area contributed by atoms with Crippen LogP contribution in [0.25, 0.3) is 0 Å². The van der Waals surface area contributed by atoms with Crippen LogP contribution in [0.5, 0.6) is 0 Å². The first kappa shape index (κ1) is 14.6. The third kappa shape index (κ3) is 2.55. The molecule has 2 heterocycles. The predicted octanol–water partition coefficient (Wildman–Crippen LogP) is 1.53. The molecule has 1 N–H and O–H groups in total. The number of carbonyl (C=O) groups excluding carboxylic acids is 1. The van der Waals surface area contributed by atoms with E-state index < -0.39 is 17.9 Å². The molecular formula is C14H21N3O3. The SMILES string of the molecule is CCn1nccc1C1C(C(=O)O)CC(=O)N1CC(C)C. The van der Waals surface area contributed by atoms with Crippen LogP contribution in [0.2, 0.25) is 0 Å². The highest BCUT2D eigenvalue weighted by molar-refractivity contribution is 5.87. The average molecular weight is 279 g/mol. The van der Waals surface area contributed by atoms with E-state index in [4.69, 9.17) is 0 Å². The van der Waals surface area contributed by atoms with E-state index >= 15 is 0 Å². The highest BCUT2D eigenvalue weighted by atomic mass is 16.4. The van der Waals surface area contributed by atoms with Crippen LogP contribution in [0.4, 0.5) is 0 Å². The minimum absolute atomic E-state index is 0.0710. The van der Waals surface area contributed by atoms with E-state index in [9.17, 15) is 14.7 Å². The fraction of sp³-hybridized carbons (Fsp3) is 0.643. The molecular weight excluding hydrogens is 258 g/mol. The number of carboxylic acids is 1. The summed E-state index contributed by atoms with van der Waals surface area (Å²) in [6.07, 6.45) is 1.73. The van der Waals surface area contributed by atoms with Gasteiger partial charge in [-0.2, -0.15) is 5.10 Å². The largest absolute Gasteiger partial charge is 0.481 e. The first-order chi connectivity index (χ1) is 9.45. The van der Waals surface area contributed by atoms with Crippen molar-refractivity contribution in [2.75, 3.05) is 6.54 Å². The molecule has 0 saturated carbocycles. The summed E-state index contributed by atoms with van der Waals surface area (Å²) >= 11 is 0. The normalized spacial score (nSPS) is 22.8. The number of likely N-dealkylation sites (tertiary alicyclic amines) is 1. The molecule has 1 amide bonds. The number of rotatable bonds is 5. The summed E-state index contributed by atoms with van der Waals surface area (Å²) in [5.74, 6) is -1.39. The number of carbonyl (C=O) groups is 2. The first-order valence-corrected chi connectivity index (χ1v) is 6.99. The monoisotopic (exact) mass is 279 g/mol. The highest BCUT2D eigenvalue weighted by Gasteiger charge is 2.45. The number of aromatic nitrogens is 2. The summed E-state index contributed by atoms with van der Waals surface area (Å²) in [6, 6.07) is 1.40. The first-order valence-electron chi connectivity index (χ1n) is 6.99. The van der Waals surface area contributed by atoms with Gasteiger partial charge in [0, 0.05) is 25.7 Å². The molecule has 2 unspecified atom stereocenters. The zero-order valence-corrected chi connectivity index (χ0v) is 12.1. The standard InChI is InChI=1S/C14H21N3O3/c1-4-17-11(5-6-15-17)13-10(14(19)20)7-12(18)16(13)8-9(2)3/h5-6,9-10,13H,4,7-8H2,1-3H3,(H,19,20). The van der Waals surface area contributed by atoms with E-state index in [-0.39, 0.29) is 12.3 Å². The van der Waals surface area contributed by atoms with Crippen molar-refractivity contribution < 1.29 is 14.7 Å². The van der Waals surface area contributed by atoms with Crippen LogP contribution >= 0.6 is 0 Å². The Kier molecular flexibility index (Phi) is 4.11. The Bertz CT molecular complexity index is 510. The van der Waals surface area contributed by atoms with Crippen molar-refractivity contribution in [3.05, 3.63) is 18.0 Å². The Morgan fingerprint density at radius 2 is 2.25 bits per heavy atom. The van der Waals surface area contributed by atoms with Crippen molar-refractivity contribution >= 4 is 11.9 Å². The Morgan fingerprint density at radius 1 is 1.55 bits per heavy atom. The number of amides is 1. The summed E-state index contributed by atoms with van der Waals surface area (Å²) in [6.45, 7) is 7.23. The molecule has 1 aliphatic heterocycles. The quantitative estimate of drug-likeness (QED) is 0.887. The molecule has 2 rings (SSSR count). The predicted molar refractivity (Wildman–Crippen MR) is 72.9 cm³/mol. The lowest BCUT2D eigenvalue weighted by molar-refractivity contribution is -0.142. The molecule has 0 spiro atoms. The molecule has 0 bridgehead atoms. The summed E-state index contributed by atoms with van der Waals surface area (Å²) in [5, 5.41) is 13.6.